The Kier molecular flexibility index (Phi) is 2.91. The molecular weight excluding hydrogens is 204 g/mol. The molecule has 0 aromatic carbocycles. The molecule has 0 unspecified atom stereocenters. The van der Waals surface area contributed by atoms with E-state index in [1.807, 2.05) is 18.2 Å². The van der Waals surface area contributed by atoms with Crippen molar-refractivity contribution < 1.29 is 9.90 Å². The standard InChI is InChI=1S/C12H10N2O2/c15-12(16)7-10-4-1-5-11(14-10)9-3-2-6-13-8-9/h1-6,8H,7H2,(H,15,16). The highest BCUT2D eigenvalue weighted by atomic mass is 16.4. The Hall–Kier alpha value is -2.23. The number of carboxylic acids is 1. The molecule has 0 aliphatic carbocycles. The largest absolute Gasteiger partial charge is 0.481 e. The monoisotopic (exact) mass is 214 g/mol. The fraction of sp³-hybridized carbons (Fsp3) is 0.0833. The predicted molar refractivity (Wildman–Crippen MR) is 58.8 cm³/mol. The second-order valence-electron chi connectivity index (χ2n) is 3.33. The van der Waals surface area contributed by atoms with Gasteiger partial charge >= 0.3 is 5.97 Å². The number of carboxylic acid groups (broad SMARTS) is 1. The lowest BCUT2D eigenvalue weighted by molar-refractivity contribution is -0.136. The van der Waals surface area contributed by atoms with E-state index in [4.69, 9.17) is 5.11 Å². The van der Waals surface area contributed by atoms with Crippen LogP contribution in [-0.2, 0) is 11.2 Å². The van der Waals surface area contributed by atoms with Gasteiger partial charge in [-0.15, -0.1) is 0 Å². The first kappa shape index (κ1) is 10.3. The summed E-state index contributed by atoms with van der Waals surface area (Å²) in [5.74, 6) is -0.879. The van der Waals surface area contributed by atoms with Crippen LogP contribution in [0.4, 0.5) is 0 Å². The van der Waals surface area contributed by atoms with Crippen molar-refractivity contribution in [2.75, 3.05) is 0 Å². The fourth-order valence-electron chi connectivity index (χ4n) is 1.41. The Morgan fingerprint density at radius 1 is 1.25 bits per heavy atom. The van der Waals surface area contributed by atoms with Crippen LogP contribution in [-0.4, -0.2) is 21.0 Å². The number of pyridine rings is 2. The number of hydrogen-bond acceptors (Lipinski definition) is 3. The zero-order chi connectivity index (χ0) is 11.4. The molecule has 0 aliphatic heterocycles. The van der Waals surface area contributed by atoms with Gasteiger partial charge in [0.1, 0.15) is 0 Å². The first-order valence-electron chi connectivity index (χ1n) is 4.84. The molecule has 80 valence electrons. The van der Waals surface area contributed by atoms with Gasteiger partial charge in [-0.25, -0.2) is 0 Å². The van der Waals surface area contributed by atoms with E-state index < -0.39 is 5.97 Å². The average molecular weight is 214 g/mol. The molecule has 2 aromatic heterocycles. The number of aromatic nitrogens is 2. The van der Waals surface area contributed by atoms with Crippen molar-refractivity contribution in [3.05, 3.63) is 48.4 Å². The molecular formula is C12H10N2O2. The van der Waals surface area contributed by atoms with E-state index in [1.165, 1.54) is 0 Å². The van der Waals surface area contributed by atoms with E-state index in [-0.39, 0.29) is 6.42 Å². The lowest BCUT2D eigenvalue weighted by Crippen LogP contribution is -2.02. The Balaban J connectivity index is 2.33. The van der Waals surface area contributed by atoms with Crippen molar-refractivity contribution in [1.29, 1.82) is 0 Å². The number of hydrogen-bond donors (Lipinski definition) is 1. The first-order valence-corrected chi connectivity index (χ1v) is 4.84. The molecule has 0 atom stereocenters. The molecule has 0 aliphatic rings. The summed E-state index contributed by atoms with van der Waals surface area (Å²) in [6, 6.07) is 9.05. The van der Waals surface area contributed by atoms with Gasteiger partial charge in [0, 0.05) is 18.0 Å². The smallest absolute Gasteiger partial charge is 0.309 e. The molecule has 2 heterocycles. The van der Waals surface area contributed by atoms with Crippen LogP contribution < -0.4 is 0 Å². The molecule has 4 nitrogen and oxygen atoms in total. The van der Waals surface area contributed by atoms with E-state index in [9.17, 15) is 4.79 Å². The zero-order valence-electron chi connectivity index (χ0n) is 8.50. The van der Waals surface area contributed by atoms with Crippen LogP contribution in [0.25, 0.3) is 11.3 Å². The minimum Gasteiger partial charge on any atom is -0.481 e. The van der Waals surface area contributed by atoms with Gasteiger partial charge in [-0.05, 0) is 24.3 Å². The number of aliphatic carboxylic acids is 1. The molecule has 0 saturated heterocycles. The Morgan fingerprint density at radius 3 is 2.81 bits per heavy atom. The Morgan fingerprint density at radius 2 is 2.12 bits per heavy atom. The summed E-state index contributed by atoms with van der Waals surface area (Å²) in [7, 11) is 0. The van der Waals surface area contributed by atoms with Crippen molar-refractivity contribution in [2.45, 2.75) is 6.42 Å². The zero-order valence-corrected chi connectivity index (χ0v) is 8.50. The molecule has 4 heteroatoms. The summed E-state index contributed by atoms with van der Waals surface area (Å²) in [6.07, 6.45) is 3.32. The van der Waals surface area contributed by atoms with Gasteiger partial charge < -0.3 is 5.11 Å². The van der Waals surface area contributed by atoms with Gasteiger partial charge in [-0.3, -0.25) is 14.8 Å². The molecule has 0 bridgehead atoms. The van der Waals surface area contributed by atoms with Crippen LogP contribution >= 0.6 is 0 Å². The van der Waals surface area contributed by atoms with Crippen molar-refractivity contribution in [3.8, 4) is 11.3 Å². The van der Waals surface area contributed by atoms with Crippen LogP contribution in [0.3, 0.4) is 0 Å². The Labute approximate surface area is 92.6 Å². The summed E-state index contributed by atoms with van der Waals surface area (Å²) in [5, 5.41) is 8.68. The predicted octanol–water partition coefficient (Wildman–Crippen LogP) is 1.77. The summed E-state index contributed by atoms with van der Waals surface area (Å²) in [5.41, 5.74) is 2.18. The summed E-state index contributed by atoms with van der Waals surface area (Å²) in [4.78, 5) is 18.8. The van der Waals surface area contributed by atoms with Gasteiger partial charge in [0.15, 0.2) is 0 Å². The lowest BCUT2D eigenvalue weighted by Gasteiger charge is -2.02. The first-order chi connectivity index (χ1) is 7.75. The van der Waals surface area contributed by atoms with Gasteiger partial charge in [0.2, 0.25) is 0 Å². The summed E-state index contributed by atoms with van der Waals surface area (Å²) < 4.78 is 0. The molecule has 2 aromatic rings. The van der Waals surface area contributed by atoms with Crippen LogP contribution in [0.15, 0.2) is 42.7 Å². The molecule has 0 radical (unpaired) electrons. The number of rotatable bonds is 3. The molecule has 16 heavy (non-hydrogen) atoms. The lowest BCUT2D eigenvalue weighted by atomic mass is 10.1. The number of nitrogens with zero attached hydrogens (tertiary/aromatic N) is 2. The van der Waals surface area contributed by atoms with Crippen molar-refractivity contribution in [3.63, 3.8) is 0 Å². The van der Waals surface area contributed by atoms with Gasteiger partial charge in [-0.2, -0.15) is 0 Å². The quantitative estimate of drug-likeness (QED) is 0.845. The normalized spacial score (nSPS) is 10.0. The van der Waals surface area contributed by atoms with Crippen LogP contribution in [0.2, 0.25) is 0 Å². The van der Waals surface area contributed by atoms with E-state index in [2.05, 4.69) is 9.97 Å². The maximum atomic E-state index is 10.6. The van der Waals surface area contributed by atoms with E-state index in [1.54, 1.807) is 24.5 Å². The second kappa shape index (κ2) is 4.53. The average Bonchev–Trinajstić information content (AvgIpc) is 2.30. The summed E-state index contributed by atoms with van der Waals surface area (Å²) in [6.45, 7) is 0. The van der Waals surface area contributed by atoms with E-state index >= 15 is 0 Å². The molecule has 0 amide bonds. The number of carbonyl (C=O) groups is 1. The third-order valence-electron chi connectivity index (χ3n) is 2.10. The molecule has 1 N–H and O–H groups in total. The fourth-order valence-corrected chi connectivity index (χ4v) is 1.41. The maximum Gasteiger partial charge on any atom is 0.309 e. The van der Waals surface area contributed by atoms with Gasteiger partial charge in [0.25, 0.3) is 0 Å². The maximum absolute atomic E-state index is 10.6. The van der Waals surface area contributed by atoms with Crippen molar-refractivity contribution in [1.82, 2.24) is 9.97 Å². The van der Waals surface area contributed by atoms with Gasteiger partial charge in [0.05, 0.1) is 17.8 Å². The van der Waals surface area contributed by atoms with Crippen LogP contribution in [0.5, 0.6) is 0 Å². The molecule has 0 spiro atoms. The highest BCUT2D eigenvalue weighted by molar-refractivity contribution is 5.70. The third kappa shape index (κ3) is 2.42. The minimum atomic E-state index is -0.879. The SMILES string of the molecule is O=C(O)Cc1cccc(-c2cccnc2)n1. The molecule has 2 rings (SSSR count). The van der Waals surface area contributed by atoms with E-state index in [0.29, 0.717) is 5.69 Å². The highest BCUT2D eigenvalue weighted by Gasteiger charge is 2.04. The summed E-state index contributed by atoms with van der Waals surface area (Å²) >= 11 is 0. The topological polar surface area (TPSA) is 63.1 Å². The molecule has 0 saturated carbocycles. The van der Waals surface area contributed by atoms with E-state index in [0.717, 1.165) is 11.3 Å². The van der Waals surface area contributed by atoms with Crippen LogP contribution in [0, 0.1) is 0 Å². The van der Waals surface area contributed by atoms with Crippen LogP contribution in [0.1, 0.15) is 5.69 Å². The minimum absolute atomic E-state index is 0.0614. The van der Waals surface area contributed by atoms with Gasteiger partial charge in [-0.1, -0.05) is 6.07 Å². The second-order valence-corrected chi connectivity index (χ2v) is 3.33. The highest BCUT2D eigenvalue weighted by Crippen LogP contribution is 2.15. The van der Waals surface area contributed by atoms with Crippen molar-refractivity contribution >= 4 is 5.97 Å². The third-order valence-corrected chi connectivity index (χ3v) is 2.10. The Bertz CT molecular complexity index is 497. The molecule has 0 fully saturated rings. The van der Waals surface area contributed by atoms with Crippen molar-refractivity contribution in [2.24, 2.45) is 0 Å².